The van der Waals surface area contributed by atoms with Gasteiger partial charge in [0.1, 0.15) is 0 Å². The maximum atomic E-state index is 7.91. The molecule has 8 heteroatoms. The van der Waals surface area contributed by atoms with Gasteiger partial charge in [-0.05, 0) is 12.8 Å². The molecular weight excluding hydrogens is 215 g/mol. The molecule has 0 fully saturated rings. The van der Waals surface area contributed by atoms with Gasteiger partial charge in [-0.15, -0.1) is 0 Å². The Morgan fingerprint density at radius 3 is 0.714 bits per heavy atom. The Morgan fingerprint density at radius 2 is 0.714 bits per heavy atom. The highest BCUT2D eigenvalue weighted by Gasteiger charge is 1.76. The van der Waals surface area contributed by atoms with E-state index in [-0.39, 0.29) is 26.4 Å². The molecule has 0 amide bonds. The van der Waals surface area contributed by atoms with Crippen LogP contribution in [0.5, 0.6) is 0 Å². The fraction of sp³-hybridized carbons (Fsp3) is 1.00. The molecule has 0 aliphatic heterocycles. The van der Waals surface area contributed by atoms with E-state index in [1.807, 2.05) is 0 Å². The molecule has 0 radical (unpaired) electrons. The third-order valence-corrected chi connectivity index (χ3v) is 0.632. The van der Waals surface area contributed by atoms with Crippen molar-refractivity contribution in [2.75, 3.05) is 26.4 Å². The van der Waals surface area contributed by atoms with E-state index < -0.39 is 8.60 Å². The zero-order valence-electron chi connectivity index (χ0n) is 7.82. The molecule has 0 aliphatic rings. The number of aliphatic hydroxyl groups is 4. The Hall–Kier alpha value is 0.150. The average molecular weight is 234 g/mol. The molecule has 7 nitrogen and oxygen atoms in total. The van der Waals surface area contributed by atoms with Crippen molar-refractivity contribution in [2.24, 2.45) is 0 Å². The molecular formula is C6H19O7P. The van der Waals surface area contributed by atoms with Crippen LogP contribution in [0.15, 0.2) is 0 Å². The first-order valence-corrected chi connectivity index (χ1v) is 5.06. The van der Waals surface area contributed by atoms with Crippen molar-refractivity contribution in [1.29, 1.82) is 0 Å². The predicted molar refractivity (Wildman–Crippen MR) is 51.2 cm³/mol. The van der Waals surface area contributed by atoms with Crippen molar-refractivity contribution in [3.8, 4) is 0 Å². The lowest BCUT2D eigenvalue weighted by atomic mass is 10.5. The Labute approximate surface area is 83.9 Å². The number of hydrogen-bond donors (Lipinski definition) is 7. The quantitative estimate of drug-likeness (QED) is 0.276. The third kappa shape index (κ3) is 87.7. The van der Waals surface area contributed by atoms with Crippen LogP contribution in [0.3, 0.4) is 0 Å². The summed E-state index contributed by atoms with van der Waals surface area (Å²) in [6.07, 6.45) is 1.00. The van der Waals surface area contributed by atoms with Gasteiger partial charge in [0.25, 0.3) is 0 Å². The number of rotatable bonds is 4. The highest BCUT2D eigenvalue weighted by Crippen LogP contribution is 2.11. The molecule has 0 atom stereocenters. The Balaban J connectivity index is -0.000000131. The van der Waals surface area contributed by atoms with Crippen LogP contribution in [0.25, 0.3) is 0 Å². The Kier molecular flexibility index (Phi) is 32.6. The maximum Gasteiger partial charge on any atom is 0.324 e. The fourth-order valence-corrected chi connectivity index (χ4v) is 0.141. The summed E-state index contributed by atoms with van der Waals surface area (Å²) in [7, 11) is -2.62. The zero-order chi connectivity index (χ0) is 11.8. The van der Waals surface area contributed by atoms with Crippen LogP contribution >= 0.6 is 8.60 Å². The molecule has 0 spiro atoms. The zero-order valence-corrected chi connectivity index (χ0v) is 8.71. The largest absolute Gasteiger partial charge is 0.396 e. The lowest BCUT2D eigenvalue weighted by Crippen LogP contribution is -1.85. The summed E-state index contributed by atoms with van der Waals surface area (Å²) in [5.74, 6) is 0. The maximum absolute atomic E-state index is 7.91. The molecule has 0 unspecified atom stereocenters. The first kappa shape index (κ1) is 19.7. The van der Waals surface area contributed by atoms with Crippen molar-refractivity contribution in [3.63, 3.8) is 0 Å². The van der Waals surface area contributed by atoms with Crippen LogP contribution in [0.4, 0.5) is 0 Å². The number of aliphatic hydroxyl groups excluding tert-OH is 4. The lowest BCUT2D eigenvalue weighted by molar-refractivity contribution is 0.220. The van der Waals surface area contributed by atoms with Crippen LogP contribution in [-0.4, -0.2) is 61.5 Å². The second-order valence-corrected chi connectivity index (χ2v) is 2.41. The standard InChI is InChI=1S/2C3H8O2.H3O3P/c2*4-2-1-3-5;1-4(2)3/h2*4-5H,1-3H2;1-3H. The molecule has 0 rings (SSSR count). The number of hydrogen-bond acceptors (Lipinski definition) is 7. The molecule has 14 heavy (non-hydrogen) atoms. The summed E-state index contributed by atoms with van der Waals surface area (Å²) < 4.78 is 0. The summed E-state index contributed by atoms with van der Waals surface area (Å²) in [6, 6.07) is 0. The minimum Gasteiger partial charge on any atom is -0.396 e. The van der Waals surface area contributed by atoms with Gasteiger partial charge in [-0.2, -0.15) is 0 Å². The molecule has 0 bridgehead atoms. The van der Waals surface area contributed by atoms with Gasteiger partial charge in [0, 0.05) is 26.4 Å². The summed E-state index contributed by atoms with van der Waals surface area (Å²) in [6.45, 7) is 0.375. The highest BCUT2D eigenvalue weighted by atomic mass is 31.2. The van der Waals surface area contributed by atoms with Crippen molar-refractivity contribution in [1.82, 2.24) is 0 Å². The van der Waals surface area contributed by atoms with Gasteiger partial charge in [-0.3, -0.25) is 0 Å². The third-order valence-electron chi connectivity index (χ3n) is 0.632. The van der Waals surface area contributed by atoms with Gasteiger partial charge in [0.05, 0.1) is 0 Å². The normalized spacial score (nSPS) is 8.57. The van der Waals surface area contributed by atoms with Crippen molar-refractivity contribution in [2.45, 2.75) is 12.8 Å². The molecule has 0 saturated carbocycles. The highest BCUT2D eigenvalue weighted by molar-refractivity contribution is 7.38. The molecule has 0 saturated heterocycles. The van der Waals surface area contributed by atoms with Gasteiger partial charge in [-0.1, -0.05) is 0 Å². The topological polar surface area (TPSA) is 142 Å². The summed E-state index contributed by atoms with van der Waals surface area (Å²) >= 11 is 0. The Morgan fingerprint density at radius 1 is 0.571 bits per heavy atom. The van der Waals surface area contributed by atoms with Crippen molar-refractivity contribution in [3.05, 3.63) is 0 Å². The minimum atomic E-state index is -2.62. The van der Waals surface area contributed by atoms with Crippen molar-refractivity contribution < 1.29 is 35.1 Å². The van der Waals surface area contributed by atoms with Gasteiger partial charge in [0.15, 0.2) is 0 Å². The van der Waals surface area contributed by atoms with E-state index in [0.717, 1.165) is 0 Å². The van der Waals surface area contributed by atoms with Crippen LogP contribution in [-0.2, 0) is 0 Å². The minimum absolute atomic E-state index is 0.0938. The second-order valence-electron chi connectivity index (χ2n) is 1.87. The molecule has 90 valence electrons. The van der Waals surface area contributed by atoms with E-state index in [9.17, 15) is 0 Å². The van der Waals surface area contributed by atoms with E-state index in [1.165, 1.54) is 0 Å². The van der Waals surface area contributed by atoms with Gasteiger partial charge >= 0.3 is 8.60 Å². The summed E-state index contributed by atoms with van der Waals surface area (Å²) in [5.41, 5.74) is 0. The first-order chi connectivity index (χ1) is 6.56. The second kappa shape index (κ2) is 23.2. The molecule has 0 aromatic rings. The van der Waals surface area contributed by atoms with Crippen LogP contribution in [0.1, 0.15) is 12.8 Å². The monoisotopic (exact) mass is 234 g/mol. The van der Waals surface area contributed by atoms with E-state index in [2.05, 4.69) is 0 Å². The summed E-state index contributed by atoms with van der Waals surface area (Å²) in [4.78, 5) is 21.7. The molecule has 7 N–H and O–H groups in total. The summed E-state index contributed by atoms with van der Waals surface area (Å²) in [5, 5.41) is 31.6. The van der Waals surface area contributed by atoms with Crippen LogP contribution in [0.2, 0.25) is 0 Å². The van der Waals surface area contributed by atoms with E-state index in [4.69, 9.17) is 35.1 Å². The SMILES string of the molecule is OCCCO.OCCCO.OP(O)O. The smallest absolute Gasteiger partial charge is 0.324 e. The van der Waals surface area contributed by atoms with Gasteiger partial charge in [-0.25, -0.2) is 0 Å². The molecule has 0 aliphatic carbocycles. The molecule has 0 heterocycles. The van der Waals surface area contributed by atoms with Gasteiger partial charge in [0.2, 0.25) is 0 Å². The average Bonchev–Trinajstić information content (AvgIpc) is 2.07. The van der Waals surface area contributed by atoms with Gasteiger partial charge < -0.3 is 35.1 Å². The Bertz CT molecular complexity index is 60.4. The van der Waals surface area contributed by atoms with Crippen LogP contribution < -0.4 is 0 Å². The van der Waals surface area contributed by atoms with E-state index >= 15 is 0 Å². The predicted octanol–water partition coefficient (Wildman–Crippen LogP) is -2.09. The van der Waals surface area contributed by atoms with E-state index in [0.29, 0.717) is 12.8 Å². The lowest BCUT2D eigenvalue weighted by Gasteiger charge is -1.79. The molecule has 0 aromatic carbocycles. The molecule has 0 aromatic heterocycles. The van der Waals surface area contributed by atoms with Crippen molar-refractivity contribution >= 4 is 8.60 Å². The van der Waals surface area contributed by atoms with E-state index in [1.54, 1.807) is 0 Å². The van der Waals surface area contributed by atoms with Crippen LogP contribution in [0, 0.1) is 0 Å². The first-order valence-electron chi connectivity index (χ1n) is 3.86. The fourth-order valence-electron chi connectivity index (χ4n) is 0.141.